The first kappa shape index (κ1) is 21.5. The van der Waals surface area contributed by atoms with Gasteiger partial charge in [0.05, 0.1) is 27.2 Å². The van der Waals surface area contributed by atoms with Crippen molar-refractivity contribution in [3.05, 3.63) is 99.2 Å². The number of amides is 1. The van der Waals surface area contributed by atoms with Crippen LogP contribution in [0.4, 0.5) is 9.52 Å². The number of carbonyl (C=O) groups is 1. The number of phenolic OH excluding ortho intramolecular Hbond substituents is 1. The Bertz CT molecular complexity index is 1720. The van der Waals surface area contributed by atoms with Gasteiger partial charge in [-0.25, -0.2) is 9.37 Å². The third-order valence-electron chi connectivity index (χ3n) is 6.29. The fourth-order valence-electron chi connectivity index (χ4n) is 4.54. The van der Waals surface area contributed by atoms with Gasteiger partial charge in [0.1, 0.15) is 17.1 Å². The molecule has 174 valence electrons. The van der Waals surface area contributed by atoms with Crippen LogP contribution in [-0.2, 0) is 0 Å². The molecule has 0 spiro atoms. The lowest BCUT2D eigenvalue weighted by molar-refractivity contribution is 0.0971. The Labute approximate surface area is 202 Å². The molecule has 0 radical (unpaired) electrons. The van der Waals surface area contributed by atoms with E-state index in [9.17, 15) is 19.1 Å². The average Bonchev–Trinajstić information content (AvgIpc) is 3.38. The molecule has 0 aliphatic carbocycles. The van der Waals surface area contributed by atoms with E-state index in [1.165, 1.54) is 40.5 Å². The number of thiazole rings is 1. The molecule has 6 nitrogen and oxygen atoms in total. The van der Waals surface area contributed by atoms with Crippen LogP contribution in [0.3, 0.4) is 0 Å². The van der Waals surface area contributed by atoms with E-state index in [0.717, 1.165) is 21.8 Å². The standard InChI is InChI=1S/C27H19FN2O4S/c1-13(2)14-6-8-19-21(11-14)35-27(29-19)30-23(15-4-3-5-17(31)10-15)22-24(32)18-12-16(28)7-9-20(18)34-25(22)26(30)33/h3-13,23,31H,1-2H3. The molecule has 0 fully saturated rings. The lowest BCUT2D eigenvalue weighted by atomic mass is 9.98. The number of benzene rings is 3. The van der Waals surface area contributed by atoms with Crippen molar-refractivity contribution in [1.82, 2.24) is 4.98 Å². The zero-order chi connectivity index (χ0) is 24.4. The monoisotopic (exact) mass is 486 g/mol. The summed E-state index contributed by atoms with van der Waals surface area (Å²) in [6.07, 6.45) is 0. The molecular weight excluding hydrogens is 467 g/mol. The highest BCUT2D eigenvalue weighted by Crippen LogP contribution is 2.44. The van der Waals surface area contributed by atoms with Gasteiger partial charge in [0.15, 0.2) is 10.6 Å². The SMILES string of the molecule is CC(C)c1ccc2nc(N3C(=O)c4oc5ccc(F)cc5c(=O)c4C3c3cccc(O)c3)sc2c1. The van der Waals surface area contributed by atoms with Gasteiger partial charge in [-0.05, 0) is 59.5 Å². The number of aromatic nitrogens is 1. The average molecular weight is 487 g/mol. The summed E-state index contributed by atoms with van der Waals surface area (Å²) in [5.74, 6) is -0.876. The van der Waals surface area contributed by atoms with Gasteiger partial charge in [-0.1, -0.05) is 43.4 Å². The molecule has 5 aromatic rings. The van der Waals surface area contributed by atoms with Crippen molar-refractivity contribution < 1.29 is 18.7 Å². The Hall–Kier alpha value is -4.04. The minimum Gasteiger partial charge on any atom is -0.508 e. The summed E-state index contributed by atoms with van der Waals surface area (Å²) in [5, 5.41) is 10.6. The summed E-state index contributed by atoms with van der Waals surface area (Å²) < 4.78 is 20.7. The van der Waals surface area contributed by atoms with Gasteiger partial charge in [-0.15, -0.1) is 0 Å². The Morgan fingerprint density at radius 3 is 2.69 bits per heavy atom. The third kappa shape index (κ3) is 3.32. The number of phenols is 1. The highest BCUT2D eigenvalue weighted by atomic mass is 32.1. The fourth-order valence-corrected chi connectivity index (χ4v) is 5.58. The van der Waals surface area contributed by atoms with Crippen LogP contribution in [0.2, 0.25) is 0 Å². The molecule has 6 rings (SSSR count). The highest BCUT2D eigenvalue weighted by molar-refractivity contribution is 7.22. The number of halogens is 1. The third-order valence-corrected chi connectivity index (χ3v) is 7.31. The Balaban J connectivity index is 1.61. The molecule has 2 aromatic heterocycles. The van der Waals surface area contributed by atoms with Crippen LogP contribution in [0.5, 0.6) is 5.75 Å². The van der Waals surface area contributed by atoms with E-state index in [1.807, 2.05) is 12.1 Å². The van der Waals surface area contributed by atoms with Gasteiger partial charge in [0.25, 0.3) is 5.91 Å². The minimum atomic E-state index is -0.890. The van der Waals surface area contributed by atoms with Crippen LogP contribution >= 0.6 is 11.3 Å². The molecule has 1 amide bonds. The summed E-state index contributed by atoms with van der Waals surface area (Å²) in [4.78, 5) is 33.4. The normalized spacial score (nSPS) is 15.5. The lowest BCUT2D eigenvalue weighted by Crippen LogP contribution is -2.29. The second kappa shape index (κ2) is 7.74. The van der Waals surface area contributed by atoms with E-state index in [2.05, 4.69) is 19.9 Å². The topological polar surface area (TPSA) is 83.6 Å². The molecule has 1 atom stereocenters. The summed E-state index contributed by atoms with van der Waals surface area (Å²) in [5.41, 5.74) is 2.14. The van der Waals surface area contributed by atoms with Crippen LogP contribution in [0.15, 0.2) is 69.9 Å². The van der Waals surface area contributed by atoms with Gasteiger partial charge < -0.3 is 9.52 Å². The number of aromatic hydroxyl groups is 1. The Morgan fingerprint density at radius 2 is 1.91 bits per heavy atom. The molecule has 8 heteroatoms. The van der Waals surface area contributed by atoms with Crippen LogP contribution in [0, 0.1) is 5.82 Å². The minimum absolute atomic E-state index is 0.00885. The molecule has 1 aliphatic heterocycles. The number of rotatable bonds is 3. The summed E-state index contributed by atoms with van der Waals surface area (Å²) in [6, 6.07) is 15.1. The van der Waals surface area contributed by atoms with Gasteiger partial charge >= 0.3 is 0 Å². The quantitative estimate of drug-likeness (QED) is 0.332. The molecule has 0 saturated heterocycles. The molecule has 1 N–H and O–H groups in total. The molecule has 3 heterocycles. The maximum atomic E-state index is 14.0. The summed E-state index contributed by atoms with van der Waals surface area (Å²) in [6.45, 7) is 4.21. The lowest BCUT2D eigenvalue weighted by Gasteiger charge is -2.22. The van der Waals surface area contributed by atoms with Crippen molar-refractivity contribution in [1.29, 1.82) is 0 Å². The first-order chi connectivity index (χ1) is 16.8. The van der Waals surface area contributed by atoms with Gasteiger partial charge in [-0.3, -0.25) is 14.5 Å². The van der Waals surface area contributed by atoms with Crippen molar-refractivity contribution in [3.8, 4) is 5.75 Å². The maximum Gasteiger partial charge on any atom is 0.297 e. The van der Waals surface area contributed by atoms with Crippen LogP contribution in [-0.4, -0.2) is 16.0 Å². The smallest absolute Gasteiger partial charge is 0.297 e. The molecule has 1 unspecified atom stereocenters. The predicted molar refractivity (Wildman–Crippen MR) is 133 cm³/mol. The molecule has 1 aliphatic rings. The van der Waals surface area contributed by atoms with E-state index in [4.69, 9.17) is 9.40 Å². The largest absolute Gasteiger partial charge is 0.508 e. The molecule has 3 aromatic carbocycles. The molecule has 0 saturated carbocycles. The zero-order valence-corrected chi connectivity index (χ0v) is 19.6. The van der Waals surface area contributed by atoms with Crippen LogP contribution in [0.25, 0.3) is 21.2 Å². The fraction of sp³-hybridized carbons (Fsp3) is 0.148. The highest BCUT2D eigenvalue weighted by Gasteiger charge is 2.45. The van der Waals surface area contributed by atoms with E-state index >= 15 is 0 Å². The molecular formula is C27H19FN2O4S. The van der Waals surface area contributed by atoms with Crippen molar-refractivity contribution >= 4 is 43.6 Å². The van der Waals surface area contributed by atoms with Crippen molar-refractivity contribution in [3.63, 3.8) is 0 Å². The van der Waals surface area contributed by atoms with E-state index in [1.54, 1.807) is 12.1 Å². The second-order valence-corrected chi connectivity index (χ2v) is 9.87. The van der Waals surface area contributed by atoms with Gasteiger partial charge in [-0.2, -0.15) is 0 Å². The summed E-state index contributed by atoms with van der Waals surface area (Å²) >= 11 is 1.34. The summed E-state index contributed by atoms with van der Waals surface area (Å²) in [7, 11) is 0. The first-order valence-corrected chi connectivity index (χ1v) is 11.9. The van der Waals surface area contributed by atoms with Crippen LogP contribution < -0.4 is 10.3 Å². The maximum absolute atomic E-state index is 14.0. The zero-order valence-electron chi connectivity index (χ0n) is 18.8. The van der Waals surface area contributed by atoms with E-state index in [0.29, 0.717) is 16.6 Å². The Morgan fingerprint density at radius 1 is 1.09 bits per heavy atom. The number of hydrogen-bond acceptors (Lipinski definition) is 6. The van der Waals surface area contributed by atoms with E-state index < -0.39 is 23.2 Å². The molecule has 0 bridgehead atoms. The number of nitrogens with zero attached hydrogens (tertiary/aromatic N) is 2. The number of carbonyl (C=O) groups excluding carboxylic acids is 1. The second-order valence-electron chi connectivity index (χ2n) is 8.87. The van der Waals surface area contributed by atoms with E-state index in [-0.39, 0.29) is 28.0 Å². The van der Waals surface area contributed by atoms with Gasteiger partial charge in [0, 0.05) is 0 Å². The Kier molecular flexibility index (Phi) is 4.76. The van der Waals surface area contributed by atoms with Gasteiger partial charge in [0.2, 0.25) is 5.76 Å². The first-order valence-electron chi connectivity index (χ1n) is 11.1. The van der Waals surface area contributed by atoms with Crippen molar-refractivity contribution in [2.45, 2.75) is 25.8 Å². The van der Waals surface area contributed by atoms with Crippen molar-refractivity contribution in [2.75, 3.05) is 4.90 Å². The van der Waals surface area contributed by atoms with Crippen LogP contribution in [0.1, 0.15) is 53.1 Å². The number of anilines is 1. The predicted octanol–water partition coefficient (Wildman–Crippen LogP) is 6.12. The number of fused-ring (bicyclic) bond motifs is 3. The number of hydrogen-bond donors (Lipinski definition) is 1. The van der Waals surface area contributed by atoms with Crippen molar-refractivity contribution in [2.24, 2.45) is 0 Å². The molecule has 35 heavy (non-hydrogen) atoms.